The van der Waals surface area contributed by atoms with Crippen LogP contribution in [0.25, 0.3) is 0 Å². The predicted molar refractivity (Wildman–Crippen MR) is 87.0 cm³/mol. The Hall–Kier alpha value is -1.67. The summed E-state index contributed by atoms with van der Waals surface area (Å²) < 4.78 is 14.2. The standard InChI is InChI=1S/C14H9ClFIN2O2/c15-10-5-7(1-4-12(10)17)14(21)19-8-2-3-11(16)9(6-8)13(18)20/h1-6H,(H2,18,20)(H,19,21). The van der Waals surface area contributed by atoms with E-state index in [1.165, 1.54) is 18.2 Å². The van der Waals surface area contributed by atoms with Gasteiger partial charge in [-0.2, -0.15) is 0 Å². The zero-order valence-corrected chi connectivity index (χ0v) is 13.4. The molecule has 2 rings (SSSR count). The Labute approximate surface area is 138 Å². The molecule has 0 saturated carbocycles. The Bertz CT molecular complexity index is 737. The maximum atomic E-state index is 13.3. The second-order valence-electron chi connectivity index (χ2n) is 4.14. The minimum absolute atomic E-state index is 0.268. The number of hydrogen-bond acceptors (Lipinski definition) is 2. The quantitative estimate of drug-likeness (QED) is 0.750. The van der Waals surface area contributed by atoms with Gasteiger partial charge in [0.25, 0.3) is 11.8 Å². The Morgan fingerprint density at radius 2 is 1.90 bits per heavy atom. The van der Waals surface area contributed by atoms with E-state index in [0.717, 1.165) is 9.64 Å². The first-order chi connectivity index (χ1) is 9.88. The third-order valence-corrected chi connectivity index (χ3v) is 4.24. The van der Waals surface area contributed by atoms with E-state index in [0.29, 0.717) is 10.6 Å². The van der Waals surface area contributed by atoms with Crippen molar-refractivity contribution in [2.24, 2.45) is 5.73 Å². The van der Waals surface area contributed by atoms with E-state index in [-0.39, 0.29) is 11.3 Å². The van der Waals surface area contributed by atoms with Crippen LogP contribution in [0, 0.1) is 9.39 Å². The van der Waals surface area contributed by atoms with Gasteiger partial charge in [0.1, 0.15) is 5.82 Å². The van der Waals surface area contributed by atoms with Gasteiger partial charge in [-0.05, 0) is 59.0 Å². The third-order valence-electron chi connectivity index (χ3n) is 2.67. The predicted octanol–water partition coefficient (Wildman–Crippen LogP) is 3.43. The summed E-state index contributed by atoms with van der Waals surface area (Å²) in [5.74, 6) is -2.06. The van der Waals surface area contributed by atoms with Gasteiger partial charge in [0.05, 0.1) is 10.6 Å². The SMILES string of the molecule is NC(=O)c1cc(NC(=O)c2ccc(I)c(Cl)c2)ccc1F. The molecule has 0 aromatic heterocycles. The van der Waals surface area contributed by atoms with Crippen molar-refractivity contribution in [2.75, 3.05) is 5.32 Å². The molecular formula is C14H9ClFIN2O2. The molecule has 21 heavy (non-hydrogen) atoms. The molecule has 3 N–H and O–H groups in total. The highest BCUT2D eigenvalue weighted by Crippen LogP contribution is 2.21. The molecule has 0 aliphatic rings. The van der Waals surface area contributed by atoms with Crippen LogP contribution in [0.3, 0.4) is 0 Å². The summed E-state index contributed by atoms with van der Waals surface area (Å²) >= 11 is 8.00. The number of carbonyl (C=O) groups is 2. The van der Waals surface area contributed by atoms with Gasteiger partial charge < -0.3 is 11.1 Å². The number of nitrogens with one attached hydrogen (secondary N) is 1. The first kappa shape index (κ1) is 15.7. The maximum Gasteiger partial charge on any atom is 0.255 e. The van der Waals surface area contributed by atoms with Gasteiger partial charge in [0.15, 0.2) is 0 Å². The zero-order valence-electron chi connectivity index (χ0n) is 10.5. The lowest BCUT2D eigenvalue weighted by molar-refractivity contribution is 0.0992. The second-order valence-corrected chi connectivity index (χ2v) is 5.71. The normalized spacial score (nSPS) is 10.2. The third kappa shape index (κ3) is 3.70. The van der Waals surface area contributed by atoms with Gasteiger partial charge in [-0.15, -0.1) is 0 Å². The first-order valence-electron chi connectivity index (χ1n) is 5.74. The molecule has 0 saturated heterocycles. The Balaban J connectivity index is 2.25. The number of halogens is 3. The number of carbonyl (C=O) groups excluding carboxylic acids is 2. The molecule has 0 aliphatic heterocycles. The fraction of sp³-hybridized carbons (Fsp3) is 0. The average molecular weight is 419 g/mol. The molecule has 2 aromatic carbocycles. The van der Waals surface area contributed by atoms with E-state index < -0.39 is 17.6 Å². The van der Waals surface area contributed by atoms with Gasteiger partial charge in [-0.25, -0.2) is 4.39 Å². The van der Waals surface area contributed by atoms with Crippen LogP contribution in [0.2, 0.25) is 5.02 Å². The van der Waals surface area contributed by atoms with Crippen molar-refractivity contribution in [3.05, 3.63) is 61.9 Å². The van der Waals surface area contributed by atoms with E-state index in [1.54, 1.807) is 12.1 Å². The van der Waals surface area contributed by atoms with E-state index in [4.69, 9.17) is 17.3 Å². The van der Waals surface area contributed by atoms with E-state index >= 15 is 0 Å². The highest BCUT2D eigenvalue weighted by atomic mass is 127. The van der Waals surface area contributed by atoms with E-state index in [2.05, 4.69) is 5.32 Å². The van der Waals surface area contributed by atoms with E-state index in [9.17, 15) is 14.0 Å². The molecule has 0 heterocycles. The second kappa shape index (κ2) is 6.40. The lowest BCUT2D eigenvalue weighted by atomic mass is 10.1. The molecule has 0 aliphatic carbocycles. The van der Waals surface area contributed by atoms with Crippen molar-refractivity contribution in [1.29, 1.82) is 0 Å². The summed E-state index contributed by atoms with van der Waals surface area (Å²) in [6.45, 7) is 0. The number of primary amides is 1. The number of hydrogen-bond donors (Lipinski definition) is 2. The Morgan fingerprint density at radius 3 is 2.52 bits per heavy atom. The largest absolute Gasteiger partial charge is 0.366 e. The number of benzene rings is 2. The lowest BCUT2D eigenvalue weighted by Crippen LogP contribution is -2.16. The summed E-state index contributed by atoms with van der Waals surface area (Å²) in [4.78, 5) is 23.1. The van der Waals surface area contributed by atoms with Crippen molar-refractivity contribution in [2.45, 2.75) is 0 Å². The monoisotopic (exact) mass is 418 g/mol. The first-order valence-corrected chi connectivity index (χ1v) is 7.20. The summed E-state index contributed by atoms with van der Waals surface area (Å²) in [6, 6.07) is 8.43. The van der Waals surface area contributed by atoms with Gasteiger partial charge in [-0.1, -0.05) is 11.6 Å². The highest BCUT2D eigenvalue weighted by Gasteiger charge is 2.12. The lowest BCUT2D eigenvalue weighted by Gasteiger charge is -2.08. The molecule has 2 amide bonds. The smallest absolute Gasteiger partial charge is 0.255 e. The van der Waals surface area contributed by atoms with E-state index in [1.807, 2.05) is 22.6 Å². The van der Waals surface area contributed by atoms with Crippen LogP contribution in [-0.2, 0) is 0 Å². The number of rotatable bonds is 3. The van der Waals surface area contributed by atoms with Gasteiger partial charge in [0, 0.05) is 14.8 Å². The minimum atomic E-state index is -0.902. The van der Waals surface area contributed by atoms with Crippen molar-refractivity contribution in [3.8, 4) is 0 Å². The fourth-order valence-electron chi connectivity index (χ4n) is 1.63. The summed E-state index contributed by atoms with van der Waals surface area (Å²) in [7, 11) is 0. The Morgan fingerprint density at radius 1 is 1.19 bits per heavy atom. The molecule has 0 atom stereocenters. The highest BCUT2D eigenvalue weighted by molar-refractivity contribution is 14.1. The molecular weight excluding hydrogens is 410 g/mol. The maximum absolute atomic E-state index is 13.3. The molecule has 0 spiro atoms. The number of anilines is 1. The van der Waals surface area contributed by atoms with Gasteiger partial charge >= 0.3 is 0 Å². The molecule has 4 nitrogen and oxygen atoms in total. The van der Waals surface area contributed by atoms with Crippen LogP contribution in [0.1, 0.15) is 20.7 Å². The molecule has 0 radical (unpaired) electrons. The van der Waals surface area contributed by atoms with Crippen LogP contribution < -0.4 is 11.1 Å². The molecule has 2 aromatic rings. The fourth-order valence-corrected chi connectivity index (χ4v) is 2.15. The summed E-state index contributed by atoms with van der Waals surface area (Å²) in [5, 5.41) is 3.01. The molecule has 0 fully saturated rings. The van der Waals surface area contributed by atoms with Crippen LogP contribution >= 0.6 is 34.2 Å². The van der Waals surface area contributed by atoms with Gasteiger partial charge in [0.2, 0.25) is 0 Å². The molecule has 0 unspecified atom stereocenters. The molecule has 7 heteroatoms. The minimum Gasteiger partial charge on any atom is -0.366 e. The van der Waals surface area contributed by atoms with Crippen LogP contribution in [0.15, 0.2) is 36.4 Å². The van der Waals surface area contributed by atoms with Crippen molar-refractivity contribution in [3.63, 3.8) is 0 Å². The Kier molecular flexibility index (Phi) is 4.79. The van der Waals surface area contributed by atoms with Gasteiger partial charge in [-0.3, -0.25) is 9.59 Å². The van der Waals surface area contributed by atoms with Crippen LogP contribution in [-0.4, -0.2) is 11.8 Å². The van der Waals surface area contributed by atoms with Crippen molar-refractivity contribution in [1.82, 2.24) is 0 Å². The molecule has 108 valence electrons. The van der Waals surface area contributed by atoms with Crippen molar-refractivity contribution >= 4 is 51.7 Å². The molecule has 0 bridgehead atoms. The van der Waals surface area contributed by atoms with Crippen molar-refractivity contribution < 1.29 is 14.0 Å². The van der Waals surface area contributed by atoms with Crippen LogP contribution in [0.4, 0.5) is 10.1 Å². The number of nitrogens with two attached hydrogens (primary N) is 1. The zero-order chi connectivity index (χ0) is 15.6. The number of amides is 2. The average Bonchev–Trinajstić information content (AvgIpc) is 2.43. The summed E-state index contributed by atoms with van der Waals surface area (Å²) in [5.41, 5.74) is 5.39. The topological polar surface area (TPSA) is 72.2 Å². The van der Waals surface area contributed by atoms with Crippen LogP contribution in [0.5, 0.6) is 0 Å². The summed E-state index contributed by atoms with van der Waals surface area (Å²) in [6.07, 6.45) is 0.